The molecule has 0 radical (unpaired) electrons. The molecule has 1 heterocycles. The molecule has 1 aliphatic heterocycles. The first-order valence-electron chi connectivity index (χ1n) is 6.17. The predicted molar refractivity (Wildman–Crippen MR) is 71.5 cm³/mol. The van der Waals surface area contributed by atoms with Gasteiger partial charge in [-0.2, -0.15) is 0 Å². The van der Waals surface area contributed by atoms with Gasteiger partial charge < -0.3 is 9.47 Å². The quantitative estimate of drug-likeness (QED) is 0.801. The molecule has 3 heteroatoms. The van der Waals surface area contributed by atoms with E-state index >= 15 is 0 Å². The van der Waals surface area contributed by atoms with Gasteiger partial charge in [0.05, 0.1) is 13.2 Å². The molecule has 1 fully saturated rings. The van der Waals surface area contributed by atoms with E-state index in [1.54, 1.807) is 0 Å². The van der Waals surface area contributed by atoms with E-state index in [0.29, 0.717) is 12.7 Å². The molecule has 1 aliphatic rings. The van der Waals surface area contributed by atoms with Crippen molar-refractivity contribution in [2.75, 3.05) is 20.0 Å². The number of hydrogen-bond donors (Lipinski definition) is 0. The van der Waals surface area contributed by atoms with E-state index in [9.17, 15) is 0 Å². The van der Waals surface area contributed by atoms with Crippen LogP contribution in [-0.2, 0) is 15.9 Å². The highest BCUT2D eigenvalue weighted by Gasteiger charge is 2.16. The Balaban J connectivity index is 0.000000686. The van der Waals surface area contributed by atoms with Gasteiger partial charge in [-0.15, -0.1) is 0 Å². The van der Waals surface area contributed by atoms with Gasteiger partial charge in [0.2, 0.25) is 0 Å². The predicted octanol–water partition coefficient (Wildman–Crippen LogP) is 3.84. The van der Waals surface area contributed by atoms with Crippen molar-refractivity contribution in [2.24, 2.45) is 5.92 Å². The molecule has 1 aromatic carbocycles. The lowest BCUT2D eigenvalue weighted by Crippen LogP contribution is -2.25. The Bertz CT molecular complexity index is 333. The Morgan fingerprint density at radius 2 is 1.88 bits per heavy atom. The molecule has 0 unspecified atom stereocenters. The third-order valence-corrected chi connectivity index (χ3v) is 3.17. The van der Waals surface area contributed by atoms with E-state index in [0.717, 1.165) is 24.7 Å². The van der Waals surface area contributed by atoms with Gasteiger partial charge in [0.1, 0.15) is 6.79 Å². The fourth-order valence-corrected chi connectivity index (χ4v) is 2.03. The Kier molecular flexibility index (Phi) is 6.56. The Morgan fingerprint density at radius 3 is 2.53 bits per heavy atom. The summed E-state index contributed by atoms with van der Waals surface area (Å²) in [6.07, 6.45) is 0.979. The van der Waals surface area contributed by atoms with Crippen LogP contribution in [0, 0.1) is 12.8 Å². The van der Waals surface area contributed by atoms with Crippen LogP contribution in [0.4, 0.5) is 0 Å². The zero-order valence-corrected chi connectivity index (χ0v) is 11.6. The van der Waals surface area contributed by atoms with Gasteiger partial charge in [-0.3, -0.25) is 0 Å². The summed E-state index contributed by atoms with van der Waals surface area (Å²) in [6.45, 7) is 8.06. The van der Waals surface area contributed by atoms with Crippen LogP contribution < -0.4 is 0 Å². The van der Waals surface area contributed by atoms with Crippen LogP contribution in [0.25, 0.3) is 0 Å². The molecule has 0 atom stereocenters. The molecular weight excluding hydrogens is 236 g/mol. The topological polar surface area (TPSA) is 18.5 Å². The zero-order valence-electron chi connectivity index (χ0n) is 10.8. The van der Waals surface area contributed by atoms with Crippen LogP contribution in [0.3, 0.4) is 0 Å². The molecule has 0 aromatic heterocycles. The fourth-order valence-electron chi connectivity index (χ4n) is 1.84. The van der Waals surface area contributed by atoms with Gasteiger partial charge in [-0.25, -0.2) is 0 Å². The summed E-state index contributed by atoms with van der Waals surface area (Å²) in [5, 5.41) is 0.838. The monoisotopic (exact) mass is 256 g/mol. The van der Waals surface area contributed by atoms with Crippen molar-refractivity contribution in [1.82, 2.24) is 0 Å². The zero-order chi connectivity index (χ0) is 12.7. The summed E-state index contributed by atoms with van der Waals surface area (Å²) in [4.78, 5) is 0. The Morgan fingerprint density at radius 1 is 1.24 bits per heavy atom. The average Bonchev–Trinajstić information content (AvgIpc) is 2.39. The number of halogens is 1. The third kappa shape index (κ3) is 4.30. The van der Waals surface area contributed by atoms with E-state index in [1.807, 2.05) is 26.0 Å². The van der Waals surface area contributed by atoms with Crippen LogP contribution in [0.2, 0.25) is 5.02 Å². The van der Waals surface area contributed by atoms with Crippen molar-refractivity contribution in [3.8, 4) is 0 Å². The minimum absolute atomic E-state index is 0.436. The molecule has 1 aromatic rings. The summed E-state index contributed by atoms with van der Waals surface area (Å²) in [5.41, 5.74) is 2.46. The van der Waals surface area contributed by atoms with Gasteiger partial charge in [0.25, 0.3) is 0 Å². The van der Waals surface area contributed by atoms with Gasteiger partial charge in [0, 0.05) is 10.9 Å². The van der Waals surface area contributed by atoms with E-state index in [2.05, 4.69) is 13.0 Å². The summed E-state index contributed by atoms with van der Waals surface area (Å²) < 4.78 is 10.5. The second-order valence-electron chi connectivity index (χ2n) is 3.95. The van der Waals surface area contributed by atoms with Crippen LogP contribution in [0.15, 0.2) is 18.2 Å². The van der Waals surface area contributed by atoms with Crippen molar-refractivity contribution >= 4 is 11.6 Å². The summed E-state index contributed by atoms with van der Waals surface area (Å²) in [7, 11) is 0. The maximum Gasteiger partial charge on any atom is 0.146 e. The molecule has 2 nitrogen and oxygen atoms in total. The van der Waals surface area contributed by atoms with Gasteiger partial charge >= 0.3 is 0 Å². The lowest BCUT2D eigenvalue weighted by Gasteiger charge is -2.23. The maximum absolute atomic E-state index is 6.07. The molecule has 0 N–H and O–H groups in total. The van der Waals surface area contributed by atoms with Crippen LogP contribution in [0.1, 0.15) is 25.0 Å². The standard InChI is InChI=1S/C12H15ClO2.C2H6/c1-9-11(3-2-4-12(9)13)5-10-6-14-8-15-7-10;1-2/h2-4,10H,5-8H2,1H3;1-2H3. The molecule has 0 bridgehead atoms. The van der Waals surface area contributed by atoms with Crippen LogP contribution in [-0.4, -0.2) is 20.0 Å². The Hall–Kier alpha value is -0.570. The van der Waals surface area contributed by atoms with E-state index in [1.165, 1.54) is 11.1 Å². The normalized spacial score (nSPS) is 16.2. The van der Waals surface area contributed by atoms with Crippen molar-refractivity contribution in [3.63, 3.8) is 0 Å². The molecule has 0 aliphatic carbocycles. The summed E-state index contributed by atoms with van der Waals surface area (Å²) in [5.74, 6) is 0.455. The first kappa shape index (κ1) is 14.5. The maximum atomic E-state index is 6.07. The number of ether oxygens (including phenoxy) is 2. The average molecular weight is 257 g/mol. The number of benzene rings is 1. The summed E-state index contributed by atoms with van der Waals surface area (Å²) in [6, 6.07) is 6.04. The molecule has 0 saturated carbocycles. The second kappa shape index (κ2) is 7.70. The summed E-state index contributed by atoms with van der Waals surface area (Å²) >= 11 is 6.07. The fraction of sp³-hybridized carbons (Fsp3) is 0.571. The second-order valence-corrected chi connectivity index (χ2v) is 4.36. The third-order valence-electron chi connectivity index (χ3n) is 2.76. The largest absolute Gasteiger partial charge is 0.355 e. The smallest absolute Gasteiger partial charge is 0.146 e. The molecule has 17 heavy (non-hydrogen) atoms. The van der Waals surface area contributed by atoms with Gasteiger partial charge in [-0.1, -0.05) is 37.6 Å². The van der Waals surface area contributed by atoms with E-state index in [4.69, 9.17) is 21.1 Å². The highest BCUT2D eigenvalue weighted by molar-refractivity contribution is 6.31. The minimum Gasteiger partial charge on any atom is -0.355 e. The molecular formula is C14H21ClO2. The van der Waals surface area contributed by atoms with Gasteiger partial charge in [-0.05, 0) is 30.5 Å². The Labute approximate surface area is 109 Å². The molecule has 0 amide bonds. The lowest BCUT2D eigenvalue weighted by molar-refractivity contribution is -0.125. The van der Waals surface area contributed by atoms with Crippen LogP contribution >= 0.6 is 11.6 Å². The van der Waals surface area contributed by atoms with E-state index < -0.39 is 0 Å². The highest BCUT2D eigenvalue weighted by atomic mass is 35.5. The lowest BCUT2D eigenvalue weighted by atomic mass is 9.97. The van der Waals surface area contributed by atoms with Crippen molar-refractivity contribution in [2.45, 2.75) is 27.2 Å². The molecule has 2 rings (SSSR count). The number of hydrogen-bond acceptors (Lipinski definition) is 2. The molecule has 96 valence electrons. The number of rotatable bonds is 2. The van der Waals surface area contributed by atoms with Crippen molar-refractivity contribution in [3.05, 3.63) is 34.3 Å². The van der Waals surface area contributed by atoms with Crippen molar-refractivity contribution < 1.29 is 9.47 Å². The first-order valence-corrected chi connectivity index (χ1v) is 6.54. The highest BCUT2D eigenvalue weighted by Crippen LogP contribution is 2.22. The van der Waals surface area contributed by atoms with Crippen LogP contribution in [0.5, 0.6) is 0 Å². The SMILES string of the molecule is CC.Cc1c(Cl)cccc1CC1COCOC1. The minimum atomic E-state index is 0.436. The molecule has 1 saturated heterocycles. The van der Waals surface area contributed by atoms with Crippen molar-refractivity contribution in [1.29, 1.82) is 0 Å². The molecule has 0 spiro atoms. The van der Waals surface area contributed by atoms with Gasteiger partial charge in [0.15, 0.2) is 0 Å². The van der Waals surface area contributed by atoms with E-state index in [-0.39, 0.29) is 0 Å². The first-order chi connectivity index (χ1) is 8.27.